The summed E-state index contributed by atoms with van der Waals surface area (Å²) in [7, 11) is 0. The van der Waals surface area contributed by atoms with Crippen molar-refractivity contribution in [1.29, 1.82) is 0 Å². The number of halogens is 1. The Hall–Kier alpha value is -1.43. The first kappa shape index (κ1) is 11.1. The van der Waals surface area contributed by atoms with Crippen LogP contribution in [-0.2, 0) is 11.3 Å². The van der Waals surface area contributed by atoms with Crippen LogP contribution in [0.5, 0.6) is 0 Å². The van der Waals surface area contributed by atoms with Gasteiger partial charge in [-0.2, -0.15) is 0 Å². The van der Waals surface area contributed by atoms with E-state index < -0.39 is 12.0 Å². The second-order valence-electron chi connectivity index (χ2n) is 3.60. The van der Waals surface area contributed by atoms with E-state index >= 15 is 0 Å². The Balaban J connectivity index is 2.34. The average Bonchev–Trinajstić information content (AvgIpc) is 2.55. The number of nitrogens with zero attached hydrogens (tertiary/aromatic N) is 2. The third-order valence-electron chi connectivity index (χ3n) is 2.57. The molecule has 16 heavy (non-hydrogen) atoms. The van der Waals surface area contributed by atoms with Crippen LogP contribution in [0, 0.1) is 0 Å². The highest BCUT2D eigenvalue weighted by Crippen LogP contribution is 2.25. The molecule has 0 bridgehead atoms. The fourth-order valence-electron chi connectivity index (χ4n) is 1.61. The van der Waals surface area contributed by atoms with Gasteiger partial charge < -0.3 is 10.0 Å². The average molecular weight is 285 g/mol. The molecule has 84 valence electrons. The lowest BCUT2D eigenvalue weighted by Crippen LogP contribution is -2.38. The molecule has 0 radical (unpaired) electrons. The molecule has 1 aromatic heterocycles. The molecule has 0 spiro atoms. The number of carbonyl (C=O) groups excluding carboxylic acids is 1. The number of hydrogen-bond acceptors (Lipinski definition) is 3. The van der Waals surface area contributed by atoms with Crippen molar-refractivity contribution in [3.63, 3.8) is 0 Å². The van der Waals surface area contributed by atoms with Gasteiger partial charge >= 0.3 is 5.97 Å². The number of pyridine rings is 1. The first-order valence-electron chi connectivity index (χ1n) is 4.69. The highest BCUT2D eigenvalue weighted by atomic mass is 79.9. The van der Waals surface area contributed by atoms with Crippen molar-refractivity contribution in [2.45, 2.75) is 19.5 Å². The number of aliphatic carboxylic acids is 1. The molecule has 0 fully saturated rings. The van der Waals surface area contributed by atoms with E-state index in [1.807, 2.05) is 0 Å². The van der Waals surface area contributed by atoms with Crippen LogP contribution in [0.4, 0.5) is 0 Å². The van der Waals surface area contributed by atoms with Crippen molar-refractivity contribution in [1.82, 2.24) is 9.88 Å². The number of hydrogen-bond donors (Lipinski definition) is 1. The highest BCUT2D eigenvalue weighted by Gasteiger charge is 2.34. The Kier molecular flexibility index (Phi) is 2.67. The molecule has 5 nitrogen and oxygen atoms in total. The summed E-state index contributed by atoms with van der Waals surface area (Å²) >= 11 is 3.23. The quantitative estimate of drug-likeness (QED) is 0.888. The molecule has 6 heteroatoms. The van der Waals surface area contributed by atoms with Crippen LogP contribution in [0.25, 0.3) is 0 Å². The van der Waals surface area contributed by atoms with E-state index in [2.05, 4.69) is 20.9 Å². The summed E-state index contributed by atoms with van der Waals surface area (Å²) in [4.78, 5) is 28.1. The van der Waals surface area contributed by atoms with Gasteiger partial charge in [0.25, 0.3) is 5.91 Å². The number of carboxylic acids is 1. The fourth-order valence-corrected chi connectivity index (χ4v) is 1.94. The van der Waals surface area contributed by atoms with Gasteiger partial charge in [0.05, 0.1) is 17.8 Å². The molecule has 0 saturated heterocycles. The summed E-state index contributed by atoms with van der Waals surface area (Å²) in [5.41, 5.74) is 1.10. The molecule has 1 atom stereocenters. The normalized spacial score (nSPS) is 16.1. The van der Waals surface area contributed by atoms with Crippen LogP contribution in [-0.4, -0.2) is 32.9 Å². The highest BCUT2D eigenvalue weighted by molar-refractivity contribution is 9.10. The van der Waals surface area contributed by atoms with Crippen molar-refractivity contribution >= 4 is 27.8 Å². The Bertz CT molecular complexity index is 475. The maximum Gasteiger partial charge on any atom is 0.326 e. The van der Waals surface area contributed by atoms with Crippen molar-refractivity contribution in [2.75, 3.05) is 0 Å². The van der Waals surface area contributed by atoms with Gasteiger partial charge in [0.15, 0.2) is 0 Å². The summed E-state index contributed by atoms with van der Waals surface area (Å²) in [6, 6.07) is 0.833. The number of carboxylic acid groups (broad SMARTS) is 1. The molecule has 0 aromatic carbocycles. The van der Waals surface area contributed by atoms with E-state index in [1.54, 1.807) is 12.3 Å². The van der Waals surface area contributed by atoms with Crippen LogP contribution < -0.4 is 0 Å². The van der Waals surface area contributed by atoms with Gasteiger partial charge in [0.1, 0.15) is 6.04 Å². The number of rotatable bonds is 2. The maximum absolute atomic E-state index is 11.9. The van der Waals surface area contributed by atoms with Gasteiger partial charge in [-0.25, -0.2) is 4.79 Å². The predicted molar refractivity (Wildman–Crippen MR) is 58.9 cm³/mol. The first-order valence-corrected chi connectivity index (χ1v) is 5.48. The van der Waals surface area contributed by atoms with Crippen LogP contribution >= 0.6 is 15.9 Å². The minimum atomic E-state index is -1.01. The summed E-state index contributed by atoms with van der Waals surface area (Å²) in [5.74, 6) is -1.29. The summed E-state index contributed by atoms with van der Waals surface area (Å²) in [6.45, 7) is 1.75. The van der Waals surface area contributed by atoms with Gasteiger partial charge in [-0.15, -0.1) is 0 Å². The smallest absolute Gasteiger partial charge is 0.326 e. The van der Waals surface area contributed by atoms with E-state index in [9.17, 15) is 9.59 Å². The number of carbonyl (C=O) groups is 2. The van der Waals surface area contributed by atoms with E-state index in [0.29, 0.717) is 15.7 Å². The van der Waals surface area contributed by atoms with Crippen molar-refractivity contribution in [3.05, 3.63) is 28.0 Å². The zero-order valence-corrected chi connectivity index (χ0v) is 10.1. The van der Waals surface area contributed by atoms with Gasteiger partial charge in [0, 0.05) is 10.7 Å². The Morgan fingerprint density at radius 3 is 3.00 bits per heavy atom. The van der Waals surface area contributed by atoms with E-state index in [1.165, 1.54) is 11.8 Å². The molecule has 0 saturated carbocycles. The lowest BCUT2D eigenvalue weighted by molar-refractivity contribution is -0.141. The molecule has 1 amide bonds. The van der Waals surface area contributed by atoms with Crippen molar-refractivity contribution < 1.29 is 14.7 Å². The molecule has 1 N–H and O–H groups in total. The minimum absolute atomic E-state index is 0.259. The van der Waals surface area contributed by atoms with Gasteiger partial charge in [0.2, 0.25) is 0 Å². The Labute approximate surface area is 100 Å². The standard InChI is InChI=1S/C10H9BrN2O3/c1-5(10(15)16)13-4-8-7(9(13)14)2-6(11)3-12-8/h2-3,5H,4H2,1H3,(H,15,16)/t5-/m1/s1. The third kappa shape index (κ3) is 1.69. The number of aromatic nitrogens is 1. The van der Waals surface area contributed by atoms with Crippen LogP contribution in [0.1, 0.15) is 23.0 Å². The maximum atomic E-state index is 11.9. The SMILES string of the molecule is C[C@H](C(=O)O)N1Cc2ncc(Br)cc2C1=O. The molecular formula is C10H9BrN2O3. The summed E-state index contributed by atoms with van der Waals surface area (Å²) in [5, 5.41) is 8.87. The second-order valence-corrected chi connectivity index (χ2v) is 4.51. The van der Waals surface area contributed by atoms with E-state index in [-0.39, 0.29) is 12.5 Å². The number of amides is 1. The zero-order chi connectivity index (χ0) is 11.9. The molecule has 2 heterocycles. The van der Waals surface area contributed by atoms with Crippen LogP contribution in [0.15, 0.2) is 16.7 Å². The van der Waals surface area contributed by atoms with Gasteiger partial charge in [-0.1, -0.05) is 0 Å². The van der Waals surface area contributed by atoms with Crippen molar-refractivity contribution in [2.24, 2.45) is 0 Å². The lowest BCUT2D eigenvalue weighted by atomic mass is 10.2. The summed E-state index contributed by atoms with van der Waals surface area (Å²) in [6.07, 6.45) is 1.60. The van der Waals surface area contributed by atoms with Gasteiger partial charge in [-0.3, -0.25) is 9.78 Å². The molecule has 2 rings (SSSR count). The van der Waals surface area contributed by atoms with Crippen molar-refractivity contribution in [3.8, 4) is 0 Å². The zero-order valence-electron chi connectivity index (χ0n) is 8.48. The second kappa shape index (κ2) is 3.86. The molecular weight excluding hydrogens is 276 g/mol. The monoisotopic (exact) mass is 284 g/mol. The molecule has 0 aliphatic carbocycles. The fraction of sp³-hybridized carbons (Fsp3) is 0.300. The largest absolute Gasteiger partial charge is 0.480 e. The van der Waals surface area contributed by atoms with Crippen LogP contribution in [0.2, 0.25) is 0 Å². The minimum Gasteiger partial charge on any atom is -0.480 e. The third-order valence-corrected chi connectivity index (χ3v) is 3.01. The summed E-state index contributed by atoms with van der Waals surface area (Å²) < 4.78 is 0.712. The predicted octanol–water partition coefficient (Wildman–Crippen LogP) is 1.27. The molecule has 0 unspecified atom stereocenters. The Morgan fingerprint density at radius 2 is 2.38 bits per heavy atom. The van der Waals surface area contributed by atoms with Gasteiger partial charge in [-0.05, 0) is 28.9 Å². The molecule has 1 aromatic rings. The lowest BCUT2D eigenvalue weighted by Gasteiger charge is -2.19. The number of fused-ring (bicyclic) bond motifs is 1. The first-order chi connectivity index (χ1) is 7.50. The van der Waals surface area contributed by atoms with E-state index in [0.717, 1.165) is 0 Å². The Morgan fingerprint density at radius 1 is 1.69 bits per heavy atom. The molecule has 1 aliphatic heterocycles. The van der Waals surface area contributed by atoms with Crippen LogP contribution in [0.3, 0.4) is 0 Å². The molecule has 1 aliphatic rings. The van der Waals surface area contributed by atoms with E-state index in [4.69, 9.17) is 5.11 Å². The topological polar surface area (TPSA) is 70.5 Å².